The molecule has 1 heterocycles. The Morgan fingerprint density at radius 2 is 0.727 bits per heavy atom. The quantitative estimate of drug-likeness (QED) is 0.155. The molecule has 0 aliphatic carbocycles. The van der Waals surface area contributed by atoms with Gasteiger partial charge in [-0.1, -0.05) is 206 Å². The fraction of sp³-hybridized carbons (Fsp3) is 0. The minimum absolute atomic E-state index is 1.10. The van der Waals surface area contributed by atoms with Gasteiger partial charge >= 0.3 is 0 Å². The number of para-hydroxylation sites is 3. The van der Waals surface area contributed by atoms with Gasteiger partial charge in [-0.25, -0.2) is 0 Å². The second-order valence-electron chi connectivity index (χ2n) is 17.2. The summed E-state index contributed by atoms with van der Waals surface area (Å²) in [5.41, 5.74) is 13.9. The Kier molecular flexibility index (Phi) is 8.89. The first-order valence-electron chi connectivity index (χ1n) is 22.8. The normalized spacial score (nSPS) is 11.6. The summed E-state index contributed by atoms with van der Waals surface area (Å²) in [6.45, 7) is 0. The topological polar surface area (TPSA) is 8.17 Å². The molecule has 0 fully saturated rings. The third-order valence-electron chi connectivity index (χ3n) is 13.5. The Labute approximate surface area is 383 Å². The van der Waals surface area contributed by atoms with Gasteiger partial charge in [-0.3, -0.25) is 0 Å². The number of benzene rings is 12. The second kappa shape index (κ2) is 15.5. The molecule has 2 nitrogen and oxygen atoms in total. The number of nitrogens with zero attached hydrogens (tertiary/aromatic N) is 2. The van der Waals surface area contributed by atoms with Crippen molar-refractivity contribution in [3.05, 3.63) is 255 Å². The first kappa shape index (κ1) is 37.8. The van der Waals surface area contributed by atoms with E-state index in [9.17, 15) is 0 Å². The highest BCUT2D eigenvalue weighted by Gasteiger charge is 2.24. The van der Waals surface area contributed by atoms with E-state index in [0.717, 1.165) is 39.4 Å². The molecule has 13 aromatic rings. The van der Waals surface area contributed by atoms with Gasteiger partial charge in [0.2, 0.25) is 0 Å². The number of aromatic nitrogens is 1. The van der Waals surface area contributed by atoms with Gasteiger partial charge < -0.3 is 9.47 Å². The number of fused-ring (bicyclic) bond motifs is 7. The lowest BCUT2D eigenvalue weighted by molar-refractivity contribution is 1.18. The lowest BCUT2D eigenvalue weighted by Gasteiger charge is -2.31. The largest absolute Gasteiger partial charge is 0.309 e. The van der Waals surface area contributed by atoms with E-state index in [2.05, 4.69) is 264 Å². The molecule has 0 aliphatic rings. The molecular formula is C64H42N2. The van der Waals surface area contributed by atoms with Gasteiger partial charge in [-0.05, 0) is 108 Å². The van der Waals surface area contributed by atoms with Gasteiger partial charge in [0, 0.05) is 33.0 Å². The first-order chi connectivity index (χ1) is 32.8. The molecule has 0 saturated heterocycles. The smallest absolute Gasteiger partial charge is 0.0547 e. The summed E-state index contributed by atoms with van der Waals surface area (Å²) < 4.78 is 2.44. The van der Waals surface area contributed by atoms with E-state index < -0.39 is 0 Å². The number of hydrogen-bond acceptors (Lipinski definition) is 1. The molecule has 0 atom stereocenters. The highest BCUT2D eigenvalue weighted by molar-refractivity contribution is 6.15. The monoisotopic (exact) mass is 838 g/mol. The lowest BCUT2D eigenvalue weighted by Crippen LogP contribution is -2.13. The van der Waals surface area contributed by atoms with E-state index in [-0.39, 0.29) is 0 Å². The van der Waals surface area contributed by atoms with Crippen molar-refractivity contribution in [1.82, 2.24) is 4.57 Å². The third-order valence-corrected chi connectivity index (χ3v) is 13.5. The minimum atomic E-state index is 1.10. The molecule has 308 valence electrons. The Bertz CT molecular complexity index is 4010. The zero-order valence-electron chi connectivity index (χ0n) is 36.1. The molecule has 12 aromatic carbocycles. The standard InChI is InChI=1S/C64H42N2/c1-2-21-46-42-64-59(41-45(46)20-1)58-32-11-13-36-61(58)65(64)48-25-15-24-47(40-48)51-28-9-12-35-60(51)66(62-37-14-10-31-56(62)53-34-17-23-44-19-4-6-27-50(44)53)63-39-38-55(54-29-7-8-30-57(54)63)52-33-16-22-43-18-3-5-26-49(43)52/h1-42H. The average Bonchev–Trinajstić information content (AvgIpc) is 3.71. The summed E-state index contributed by atoms with van der Waals surface area (Å²) in [5, 5.41) is 12.3. The highest BCUT2D eigenvalue weighted by atomic mass is 15.1. The van der Waals surface area contributed by atoms with Gasteiger partial charge in [0.15, 0.2) is 0 Å². The summed E-state index contributed by atoms with van der Waals surface area (Å²) in [6, 6.07) is 93.5. The molecule has 1 aromatic heterocycles. The van der Waals surface area contributed by atoms with E-state index in [1.807, 2.05) is 0 Å². The molecule has 66 heavy (non-hydrogen) atoms. The summed E-state index contributed by atoms with van der Waals surface area (Å²) in [5.74, 6) is 0. The lowest BCUT2D eigenvalue weighted by atomic mass is 9.92. The van der Waals surface area contributed by atoms with Crippen LogP contribution in [0.4, 0.5) is 17.1 Å². The maximum atomic E-state index is 2.51. The van der Waals surface area contributed by atoms with E-state index in [0.29, 0.717) is 0 Å². The maximum Gasteiger partial charge on any atom is 0.0547 e. The van der Waals surface area contributed by atoms with Crippen LogP contribution in [0.1, 0.15) is 0 Å². The zero-order valence-corrected chi connectivity index (χ0v) is 36.1. The predicted octanol–water partition coefficient (Wildman–Crippen LogP) is 17.9. The van der Waals surface area contributed by atoms with Gasteiger partial charge in [0.1, 0.15) is 0 Å². The van der Waals surface area contributed by atoms with Crippen molar-refractivity contribution >= 4 is 82.0 Å². The Balaban J connectivity index is 1.06. The second-order valence-corrected chi connectivity index (χ2v) is 17.2. The summed E-state index contributed by atoms with van der Waals surface area (Å²) in [7, 11) is 0. The average molecular weight is 839 g/mol. The van der Waals surface area contributed by atoms with Crippen molar-refractivity contribution < 1.29 is 0 Å². The van der Waals surface area contributed by atoms with Crippen molar-refractivity contribution in [2.24, 2.45) is 0 Å². The predicted molar refractivity (Wildman–Crippen MR) is 282 cm³/mol. The molecular weight excluding hydrogens is 797 g/mol. The van der Waals surface area contributed by atoms with Crippen LogP contribution in [0.2, 0.25) is 0 Å². The van der Waals surface area contributed by atoms with E-state index in [4.69, 9.17) is 0 Å². The maximum absolute atomic E-state index is 2.51. The summed E-state index contributed by atoms with van der Waals surface area (Å²) in [4.78, 5) is 2.51. The molecule has 0 unspecified atom stereocenters. The summed E-state index contributed by atoms with van der Waals surface area (Å²) in [6.07, 6.45) is 0. The third kappa shape index (κ3) is 6.11. The molecule has 0 bridgehead atoms. The van der Waals surface area contributed by atoms with Gasteiger partial charge in [-0.15, -0.1) is 0 Å². The first-order valence-corrected chi connectivity index (χ1v) is 22.8. The zero-order chi connectivity index (χ0) is 43.6. The molecule has 0 aliphatic heterocycles. The van der Waals surface area contributed by atoms with Gasteiger partial charge in [-0.2, -0.15) is 0 Å². The van der Waals surface area contributed by atoms with Crippen LogP contribution in [0.25, 0.3) is 104 Å². The van der Waals surface area contributed by atoms with Gasteiger partial charge in [0.25, 0.3) is 0 Å². The Morgan fingerprint density at radius 1 is 0.242 bits per heavy atom. The highest BCUT2D eigenvalue weighted by Crippen LogP contribution is 2.49. The van der Waals surface area contributed by atoms with Crippen molar-refractivity contribution in [2.45, 2.75) is 0 Å². The van der Waals surface area contributed by atoms with Crippen LogP contribution in [-0.4, -0.2) is 4.57 Å². The van der Waals surface area contributed by atoms with Crippen molar-refractivity contribution in [3.63, 3.8) is 0 Å². The van der Waals surface area contributed by atoms with Gasteiger partial charge in [0.05, 0.1) is 28.1 Å². The minimum Gasteiger partial charge on any atom is -0.309 e. The summed E-state index contributed by atoms with van der Waals surface area (Å²) >= 11 is 0. The number of hydrogen-bond donors (Lipinski definition) is 0. The van der Waals surface area contributed by atoms with Crippen LogP contribution in [-0.2, 0) is 0 Å². The Hall–Kier alpha value is -8.72. The molecule has 0 amide bonds. The fourth-order valence-electron chi connectivity index (χ4n) is 10.6. The number of rotatable bonds is 7. The van der Waals surface area contributed by atoms with Crippen LogP contribution in [0.5, 0.6) is 0 Å². The van der Waals surface area contributed by atoms with Crippen molar-refractivity contribution in [3.8, 4) is 39.1 Å². The molecule has 2 heteroatoms. The van der Waals surface area contributed by atoms with Crippen LogP contribution < -0.4 is 4.90 Å². The molecule has 0 spiro atoms. The van der Waals surface area contributed by atoms with Crippen LogP contribution >= 0.6 is 0 Å². The van der Waals surface area contributed by atoms with E-state index >= 15 is 0 Å². The SMILES string of the molecule is c1cc(-c2ccccc2N(c2ccccc2-c2cccc3ccccc23)c2ccc(-c3cccc4ccccc34)c3ccccc23)cc(-n2c3ccccc3c3cc4ccccc4cc32)c1. The molecule has 0 radical (unpaired) electrons. The fourth-order valence-corrected chi connectivity index (χ4v) is 10.6. The molecule has 0 N–H and O–H groups in total. The Morgan fingerprint density at radius 3 is 1.45 bits per heavy atom. The number of anilines is 3. The van der Waals surface area contributed by atoms with Crippen LogP contribution in [0.15, 0.2) is 255 Å². The van der Waals surface area contributed by atoms with Crippen molar-refractivity contribution in [2.75, 3.05) is 4.90 Å². The van der Waals surface area contributed by atoms with E-state index in [1.165, 1.54) is 81.6 Å². The van der Waals surface area contributed by atoms with Crippen LogP contribution in [0, 0.1) is 0 Å². The molecule has 0 saturated carbocycles. The van der Waals surface area contributed by atoms with E-state index in [1.54, 1.807) is 0 Å². The van der Waals surface area contributed by atoms with Crippen LogP contribution in [0.3, 0.4) is 0 Å². The molecule has 13 rings (SSSR count). The van der Waals surface area contributed by atoms with Crippen molar-refractivity contribution in [1.29, 1.82) is 0 Å².